The number of carbonyl (C=O) groups is 1. The van der Waals surface area contributed by atoms with E-state index in [0.717, 1.165) is 55.6 Å². The molecule has 0 bridgehead atoms. The van der Waals surface area contributed by atoms with E-state index in [9.17, 15) is 4.79 Å². The Morgan fingerprint density at radius 2 is 1.89 bits per heavy atom. The van der Waals surface area contributed by atoms with Crippen LogP contribution in [0, 0.1) is 20.8 Å². The van der Waals surface area contributed by atoms with Crippen LogP contribution in [0.1, 0.15) is 22.8 Å². The van der Waals surface area contributed by atoms with Crippen molar-refractivity contribution in [3.8, 4) is 0 Å². The maximum atomic E-state index is 12.2. The Labute approximate surface area is 163 Å². The minimum Gasteiger partial charge on any atom is -0.360 e. The largest absolute Gasteiger partial charge is 0.360 e. The smallest absolute Gasteiger partial charge is 0.239 e. The van der Waals surface area contributed by atoms with Gasteiger partial charge >= 0.3 is 0 Å². The van der Waals surface area contributed by atoms with Gasteiger partial charge < -0.3 is 9.84 Å². The second-order valence-electron chi connectivity index (χ2n) is 7.35. The number of carbonyl (C=O) groups excluding carboxylic acids is 1. The van der Waals surface area contributed by atoms with Crippen LogP contribution in [0.5, 0.6) is 0 Å². The summed E-state index contributed by atoms with van der Waals surface area (Å²) in [6.07, 6.45) is 1.91. The molecule has 4 rings (SSSR count). The molecule has 3 aromatic heterocycles. The fourth-order valence-electron chi connectivity index (χ4n) is 3.65. The number of anilines is 1. The van der Waals surface area contributed by atoms with Crippen LogP contribution in [-0.2, 0) is 11.3 Å². The summed E-state index contributed by atoms with van der Waals surface area (Å²) in [4.78, 5) is 25.7. The Morgan fingerprint density at radius 3 is 2.61 bits per heavy atom. The normalized spacial score (nSPS) is 16.0. The van der Waals surface area contributed by atoms with Crippen LogP contribution in [0.2, 0.25) is 0 Å². The summed E-state index contributed by atoms with van der Waals surface area (Å²) in [5.41, 5.74) is 3.27. The van der Waals surface area contributed by atoms with Gasteiger partial charge in [-0.15, -0.1) is 0 Å². The number of rotatable bonds is 5. The van der Waals surface area contributed by atoms with Crippen LogP contribution < -0.4 is 5.32 Å². The van der Waals surface area contributed by atoms with E-state index in [4.69, 9.17) is 4.52 Å². The van der Waals surface area contributed by atoms with Gasteiger partial charge in [0.05, 0.1) is 18.4 Å². The summed E-state index contributed by atoms with van der Waals surface area (Å²) in [5, 5.41) is 6.56. The van der Waals surface area contributed by atoms with Gasteiger partial charge in [0.25, 0.3) is 0 Å². The standard InChI is InChI=1S/C19H25N7O2/c1-13-8-14(2)26-16(10-20-19(26)21-13)11-24-4-6-25(7-5-24)12-18(27)22-17-9-15(3)28-23-17/h8-10H,4-7,11-12H2,1-3H3,(H,22,23,27). The molecule has 0 unspecified atom stereocenters. The highest BCUT2D eigenvalue weighted by atomic mass is 16.5. The highest BCUT2D eigenvalue weighted by molar-refractivity contribution is 5.91. The predicted octanol–water partition coefficient (Wildman–Crippen LogP) is 1.40. The highest BCUT2D eigenvalue weighted by Crippen LogP contribution is 2.14. The molecular weight excluding hydrogens is 358 g/mol. The second kappa shape index (κ2) is 7.69. The van der Waals surface area contributed by atoms with Gasteiger partial charge in [-0.1, -0.05) is 5.16 Å². The molecule has 1 saturated heterocycles. The third kappa shape index (κ3) is 4.05. The van der Waals surface area contributed by atoms with Crippen molar-refractivity contribution in [2.75, 3.05) is 38.0 Å². The van der Waals surface area contributed by atoms with Gasteiger partial charge in [-0.2, -0.15) is 0 Å². The Balaban J connectivity index is 1.30. The molecule has 0 aromatic carbocycles. The molecule has 0 spiro atoms. The average molecular weight is 383 g/mol. The molecule has 0 saturated carbocycles. The maximum Gasteiger partial charge on any atom is 0.239 e. The summed E-state index contributed by atoms with van der Waals surface area (Å²) in [6, 6.07) is 3.79. The second-order valence-corrected chi connectivity index (χ2v) is 7.35. The van der Waals surface area contributed by atoms with Crippen molar-refractivity contribution in [2.45, 2.75) is 27.3 Å². The van der Waals surface area contributed by atoms with Crippen molar-refractivity contribution in [3.63, 3.8) is 0 Å². The number of nitrogens with one attached hydrogen (secondary N) is 1. The first-order chi connectivity index (χ1) is 13.5. The highest BCUT2D eigenvalue weighted by Gasteiger charge is 2.21. The van der Waals surface area contributed by atoms with E-state index in [2.05, 4.69) is 47.6 Å². The third-order valence-corrected chi connectivity index (χ3v) is 4.98. The Hall–Kier alpha value is -2.78. The zero-order valence-electron chi connectivity index (χ0n) is 16.5. The van der Waals surface area contributed by atoms with E-state index in [1.54, 1.807) is 13.0 Å². The fourth-order valence-corrected chi connectivity index (χ4v) is 3.65. The van der Waals surface area contributed by atoms with Crippen LogP contribution in [0.3, 0.4) is 0 Å². The van der Waals surface area contributed by atoms with Crippen molar-refractivity contribution >= 4 is 17.5 Å². The molecule has 1 amide bonds. The van der Waals surface area contributed by atoms with E-state index in [0.29, 0.717) is 18.1 Å². The number of imidazole rings is 1. The summed E-state index contributed by atoms with van der Waals surface area (Å²) in [5.74, 6) is 1.83. The molecule has 148 valence electrons. The summed E-state index contributed by atoms with van der Waals surface area (Å²) in [7, 11) is 0. The molecular formula is C19H25N7O2. The number of hydrogen-bond acceptors (Lipinski definition) is 7. The topological polar surface area (TPSA) is 91.8 Å². The van der Waals surface area contributed by atoms with Crippen molar-refractivity contribution in [3.05, 3.63) is 41.2 Å². The Kier molecular flexibility index (Phi) is 5.10. The minimum atomic E-state index is -0.0689. The van der Waals surface area contributed by atoms with Crippen LogP contribution in [-0.4, -0.2) is 68.0 Å². The van der Waals surface area contributed by atoms with E-state index < -0.39 is 0 Å². The van der Waals surface area contributed by atoms with Crippen LogP contribution in [0.4, 0.5) is 5.82 Å². The number of fused-ring (bicyclic) bond motifs is 1. The first kappa shape index (κ1) is 18.6. The number of aromatic nitrogens is 4. The van der Waals surface area contributed by atoms with Crippen LogP contribution in [0.15, 0.2) is 22.9 Å². The van der Waals surface area contributed by atoms with E-state index in [-0.39, 0.29) is 5.91 Å². The number of piperazine rings is 1. The van der Waals surface area contributed by atoms with Crippen molar-refractivity contribution in [2.24, 2.45) is 0 Å². The number of hydrogen-bond donors (Lipinski definition) is 1. The molecule has 4 heterocycles. The first-order valence-corrected chi connectivity index (χ1v) is 9.46. The SMILES string of the molecule is Cc1cc(C)n2c(CN3CCN(CC(=O)Nc4cc(C)on4)CC3)cnc2n1. The molecule has 3 aromatic rings. The van der Waals surface area contributed by atoms with Gasteiger partial charge in [0.2, 0.25) is 11.7 Å². The van der Waals surface area contributed by atoms with Crippen molar-refractivity contribution in [1.29, 1.82) is 0 Å². The van der Waals surface area contributed by atoms with Crippen LogP contribution >= 0.6 is 0 Å². The van der Waals surface area contributed by atoms with Gasteiger partial charge in [-0.25, -0.2) is 9.97 Å². The van der Waals surface area contributed by atoms with Gasteiger partial charge in [-0.05, 0) is 26.8 Å². The molecule has 1 aliphatic heterocycles. The molecule has 1 N–H and O–H groups in total. The predicted molar refractivity (Wildman–Crippen MR) is 104 cm³/mol. The lowest BCUT2D eigenvalue weighted by Crippen LogP contribution is -2.48. The molecule has 0 atom stereocenters. The number of amides is 1. The fraction of sp³-hybridized carbons (Fsp3) is 0.474. The van der Waals surface area contributed by atoms with Gasteiger partial charge in [0.15, 0.2) is 5.82 Å². The van der Waals surface area contributed by atoms with Crippen molar-refractivity contribution < 1.29 is 9.32 Å². The third-order valence-electron chi connectivity index (χ3n) is 4.98. The average Bonchev–Trinajstić information content (AvgIpc) is 3.22. The quantitative estimate of drug-likeness (QED) is 0.712. The summed E-state index contributed by atoms with van der Waals surface area (Å²) < 4.78 is 7.09. The molecule has 9 nitrogen and oxygen atoms in total. The van der Waals surface area contributed by atoms with Gasteiger partial charge in [0, 0.05) is 50.2 Å². The molecule has 1 aliphatic rings. The summed E-state index contributed by atoms with van der Waals surface area (Å²) in [6.45, 7) is 10.5. The lowest BCUT2D eigenvalue weighted by atomic mass is 10.3. The van der Waals surface area contributed by atoms with Gasteiger partial charge in [0.1, 0.15) is 5.76 Å². The molecule has 1 fully saturated rings. The zero-order valence-corrected chi connectivity index (χ0v) is 16.5. The Morgan fingerprint density at radius 1 is 1.14 bits per heavy atom. The van der Waals surface area contributed by atoms with Gasteiger partial charge in [-0.3, -0.25) is 19.0 Å². The lowest BCUT2D eigenvalue weighted by molar-refractivity contribution is -0.117. The van der Waals surface area contributed by atoms with E-state index in [1.165, 1.54) is 0 Å². The van der Waals surface area contributed by atoms with E-state index >= 15 is 0 Å². The number of nitrogens with zero attached hydrogens (tertiary/aromatic N) is 6. The zero-order chi connectivity index (χ0) is 19.7. The Bertz CT molecular complexity index is 985. The molecule has 0 radical (unpaired) electrons. The van der Waals surface area contributed by atoms with E-state index in [1.807, 2.05) is 13.1 Å². The minimum absolute atomic E-state index is 0.0689. The maximum absolute atomic E-state index is 12.2. The van der Waals surface area contributed by atoms with Crippen molar-refractivity contribution in [1.82, 2.24) is 29.3 Å². The lowest BCUT2D eigenvalue weighted by Gasteiger charge is -2.34. The monoisotopic (exact) mass is 383 g/mol. The van der Waals surface area contributed by atoms with Crippen LogP contribution in [0.25, 0.3) is 5.78 Å². The molecule has 0 aliphatic carbocycles. The first-order valence-electron chi connectivity index (χ1n) is 9.46. The molecule has 9 heteroatoms. The summed E-state index contributed by atoms with van der Waals surface area (Å²) >= 11 is 0. The molecule has 28 heavy (non-hydrogen) atoms. The number of aryl methyl sites for hydroxylation is 3.